The van der Waals surface area contributed by atoms with Crippen molar-refractivity contribution in [3.05, 3.63) is 58.7 Å². The zero-order valence-electron chi connectivity index (χ0n) is 13.5. The third-order valence-corrected chi connectivity index (χ3v) is 4.99. The zero-order chi connectivity index (χ0) is 16.2. The number of benzene rings is 2. The number of rotatable bonds is 4. The first kappa shape index (κ1) is 15.9. The van der Waals surface area contributed by atoms with Gasteiger partial charge in [0.1, 0.15) is 11.5 Å². The van der Waals surface area contributed by atoms with Crippen molar-refractivity contribution >= 4 is 0 Å². The highest BCUT2D eigenvalue weighted by atomic mass is 16.3. The Labute approximate surface area is 137 Å². The number of aromatic hydroxyl groups is 2. The normalized spacial score (nSPS) is 15.7. The van der Waals surface area contributed by atoms with E-state index in [-0.39, 0.29) is 0 Å². The van der Waals surface area contributed by atoms with E-state index in [1.807, 2.05) is 24.3 Å². The molecule has 3 heteroatoms. The maximum atomic E-state index is 10.4. The second-order valence-corrected chi connectivity index (χ2v) is 6.52. The molecule has 0 atom stereocenters. The highest BCUT2D eigenvalue weighted by Gasteiger charge is 2.20. The van der Waals surface area contributed by atoms with E-state index < -0.39 is 0 Å². The van der Waals surface area contributed by atoms with Crippen molar-refractivity contribution in [2.24, 2.45) is 5.73 Å². The van der Waals surface area contributed by atoms with Crippen molar-refractivity contribution in [1.82, 2.24) is 0 Å². The van der Waals surface area contributed by atoms with Crippen LogP contribution >= 0.6 is 0 Å². The summed E-state index contributed by atoms with van der Waals surface area (Å²) in [6.07, 6.45) is 6.69. The van der Waals surface area contributed by atoms with Crippen LogP contribution in [-0.4, -0.2) is 10.2 Å². The molecule has 0 amide bonds. The lowest BCUT2D eigenvalue weighted by Crippen LogP contribution is -2.08. The molecular weight excluding hydrogens is 286 g/mol. The molecule has 0 spiro atoms. The molecule has 0 radical (unpaired) electrons. The van der Waals surface area contributed by atoms with Crippen LogP contribution in [0.4, 0.5) is 0 Å². The molecular formula is C20H25NO2. The van der Waals surface area contributed by atoms with Gasteiger partial charge >= 0.3 is 0 Å². The molecule has 4 N–H and O–H groups in total. The van der Waals surface area contributed by atoms with Crippen LogP contribution in [0.1, 0.15) is 60.3 Å². The van der Waals surface area contributed by atoms with E-state index in [2.05, 4.69) is 6.07 Å². The van der Waals surface area contributed by atoms with Crippen LogP contribution in [0.25, 0.3) is 0 Å². The van der Waals surface area contributed by atoms with E-state index in [9.17, 15) is 10.2 Å². The minimum atomic E-state index is 0.308. The quantitative estimate of drug-likeness (QED) is 0.793. The second-order valence-electron chi connectivity index (χ2n) is 6.52. The van der Waals surface area contributed by atoms with Crippen molar-refractivity contribution in [1.29, 1.82) is 0 Å². The number of hydrogen-bond acceptors (Lipinski definition) is 3. The average Bonchev–Trinajstić information content (AvgIpc) is 2.58. The molecule has 1 saturated carbocycles. The van der Waals surface area contributed by atoms with Gasteiger partial charge in [-0.1, -0.05) is 43.5 Å². The molecule has 1 fully saturated rings. The van der Waals surface area contributed by atoms with Crippen LogP contribution in [0, 0.1) is 0 Å². The van der Waals surface area contributed by atoms with Gasteiger partial charge in [0.2, 0.25) is 0 Å². The summed E-state index contributed by atoms with van der Waals surface area (Å²) >= 11 is 0. The predicted octanol–water partition coefficient (Wildman–Crippen LogP) is 4.20. The SMILES string of the molecule is NCc1cc(O)c(C2CCCCC2)cc1Cc1ccccc1O. The van der Waals surface area contributed by atoms with Crippen LogP contribution < -0.4 is 5.73 Å². The molecule has 3 nitrogen and oxygen atoms in total. The van der Waals surface area contributed by atoms with Gasteiger partial charge in [0, 0.05) is 13.0 Å². The highest BCUT2D eigenvalue weighted by molar-refractivity contribution is 5.47. The van der Waals surface area contributed by atoms with Gasteiger partial charge in [-0.2, -0.15) is 0 Å². The highest BCUT2D eigenvalue weighted by Crippen LogP contribution is 2.39. The molecule has 3 rings (SSSR count). The largest absolute Gasteiger partial charge is 0.508 e. The van der Waals surface area contributed by atoms with Gasteiger partial charge in [0.25, 0.3) is 0 Å². The predicted molar refractivity (Wildman–Crippen MR) is 92.7 cm³/mol. The van der Waals surface area contributed by atoms with Crippen molar-refractivity contribution in [3.63, 3.8) is 0 Å². The molecule has 0 heterocycles. The fraction of sp³-hybridized carbons (Fsp3) is 0.400. The molecule has 23 heavy (non-hydrogen) atoms. The summed E-state index contributed by atoms with van der Waals surface area (Å²) in [7, 11) is 0. The summed E-state index contributed by atoms with van der Waals surface area (Å²) in [6.45, 7) is 0.390. The summed E-state index contributed by atoms with van der Waals surface area (Å²) in [5.41, 5.74) is 9.86. The lowest BCUT2D eigenvalue weighted by molar-refractivity contribution is 0.413. The summed E-state index contributed by atoms with van der Waals surface area (Å²) in [5, 5.41) is 20.4. The first-order chi connectivity index (χ1) is 11.2. The Bertz CT molecular complexity index is 675. The topological polar surface area (TPSA) is 66.5 Å². The third kappa shape index (κ3) is 3.50. The van der Waals surface area contributed by atoms with Gasteiger partial charge in [0.15, 0.2) is 0 Å². The zero-order valence-corrected chi connectivity index (χ0v) is 13.5. The number of nitrogens with two attached hydrogens (primary N) is 1. The van der Waals surface area contributed by atoms with Gasteiger partial charge < -0.3 is 15.9 Å². The van der Waals surface area contributed by atoms with Crippen molar-refractivity contribution in [2.45, 2.75) is 51.0 Å². The van der Waals surface area contributed by atoms with Crippen LogP contribution in [0.3, 0.4) is 0 Å². The van der Waals surface area contributed by atoms with E-state index in [4.69, 9.17) is 5.73 Å². The molecule has 0 saturated heterocycles. The molecule has 1 aliphatic carbocycles. The standard InChI is InChI=1S/C20H25NO2/c21-13-17-12-20(23)18(14-6-2-1-3-7-14)11-16(17)10-15-8-4-5-9-19(15)22/h4-5,8-9,11-12,14,22-23H,1-3,6-7,10,13,21H2. The Morgan fingerprint density at radius 1 is 0.870 bits per heavy atom. The summed E-state index contributed by atoms with van der Waals surface area (Å²) < 4.78 is 0. The average molecular weight is 311 g/mol. The third-order valence-electron chi connectivity index (χ3n) is 4.99. The van der Waals surface area contributed by atoms with Gasteiger partial charge in [0.05, 0.1) is 0 Å². The lowest BCUT2D eigenvalue weighted by Gasteiger charge is -2.24. The summed E-state index contributed by atoms with van der Waals surface area (Å²) in [6, 6.07) is 11.3. The lowest BCUT2D eigenvalue weighted by atomic mass is 9.82. The van der Waals surface area contributed by atoms with E-state index in [1.54, 1.807) is 6.07 Å². The van der Waals surface area contributed by atoms with Gasteiger partial charge in [-0.05, 0) is 53.1 Å². The van der Waals surface area contributed by atoms with Crippen molar-refractivity contribution < 1.29 is 10.2 Å². The number of phenolic OH excluding ortho intramolecular Hbond substituents is 2. The Morgan fingerprint density at radius 3 is 2.30 bits per heavy atom. The maximum absolute atomic E-state index is 10.4. The molecule has 1 aliphatic rings. The first-order valence-electron chi connectivity index (χ1n) is 8.50. The first-order valence-corrected chi connectivity index (χ1v) is 8.50. The maximum Gasteiger partial charge on any atom is 0.119 e. The van der Waals surface area contributed by atoms with Crippen molar-refractivity contribution in [3.8, 4) is 11.5 Å². The Morgan fingerprint density at radius 2 is 1.61 bits per heavy atom. The minimum Gasteiger partial charge on any atom is -0.508 e. The molecule has 0 bridgehead atoms. The summed E-state index contributed by atoms with van der Waals surface area (Å²) in [5.74, 6) is 1.12. The molecule has 0 aliphatic heterocycles. The fourth-order valence-corrected chi connectivity index (χ4v) is 3.66. The van der Waals surface area contributed by atoms with Crippen molar-refractivity contribution in [2.75, 3.05) is 0 Å². The van der Waals surface area contributed by atoms with Crippen LogP contribution in [0.5, 0.6) is 11.5 Å². The van der Waals surface area contributed by atoms with E-state index in [0.29, 0.717) is 30.4 Å². The molecule has 0 aromatic heterocycles. The Hall–Kier alpha value is -2.00. The van der Waals surface area contributed by atoms with E-state index in [1.165, 1.54) is 19.3 Å². The summed E-state index contributed by atoms with van der Waals surface area (Å²) in [4.78, 5) is 0. The van der Waals surface area contributed by atoms with Gasteiger partial charge in [-0.3, -0.25) is 0 Å². The molecule has 0 unspecified atom stereocenters. The van der Waals surface area contributed by atoms with Crippen LogP contribution in [0.2, 0.25) is 0 Å². The number of phenols is 2. The number of para-hydroxylation sites is 1. The second kappa shape index (κ2) is 7.05. The molecule has 2 aromatic carbocycles. The van der Waals surface area contributed by atoms with Crippen LogP contribution in [-0.2, 0) is 13.0 Å². The minimum absolute atomic E-state index is 0.308. The Balaban J connectivity index is 1.96. The van der Waals surface area contributed by atoms with Gasteiger partial charge in [-0.15, -0.1) is 0 Å². The molecule has 122 valence electrons. The molecule has 2 aromatic rings. The number of hydrogen-bond donors (Lipinski definition) is 3. The van der Waals surface area contributed by atoms with Crippen LogP contribution in [0.15, 0.2) is 36.4 Å². The van der Waals surface area contributed by atoms with E-state index in [0.717, 1.165) is 35.1 Å². The smallest absolute Gasteiger partial charge is 0.119 e. The van der Waals surface area contributed by atoms with E-state index >= 15 is 0 Å². The fourth-order valence-electron chi connectivity index (χ4n) is 3.66. The monoisotopic (exact) mass is 311 g/mol. The Kier molecular flexibility index (Phi) is 4.87. The van der Waals surface area contributed by atoms with Gasteiger partial charge in [-0.25, -0.2) is 0 Å².